The van der Waals surface area contributed by atoms with Gasteiger partial charge in [-0.3, -0.25) is 0 Å². The Balaban J connectivity index is 1.58. The molecular formula is C18H16FN5O2S. The molecule has 1 aliphatic rings. The van der Waals surface area contributed by atoms with Crippen LogP contribution in [-0.4, -0.2) is 48.9 Å². The third kappa shape index (κ3) is 2.93. The van der Waals surface area contributed by atoms with E-state index in [1.807, 2.05) is 11.0 Å². The highest BCUT2D eigenvalue weighted by molar-refractivity contribution is 7.89. The average Bonchev–Trinajstić information content (AvgIpc) is 3.13. The number of sulfonamides is 1. The van der Waals surface area contributed by atoms with Crippen molar-refractivity contribution in [1.29, 1.82) is 5.26 Å². The molecule has 9 heteroatoms. The first kappa shape index (κ1) is 17.5. The minimum Gasteiger partial charge on any atom is -0.368 e. The molecule has 0 bridgehead atoms. The van der Waals surface area contributed by atoms with Gasteiger partial charge in [-0.1, -0.05) is 6.07 Å². The summed E-state index contributed by atoms with van der Waals surface area (Å²) in [5, 5.41) is 9.76. The van der Waals surface area contributed by atoms with E-state index in [4.69, 9.17) is 0 Å². The van der Waals surface area contributed by atoms with Gasteiger partial charge in [-0.2, -0.15) is 9.57 Å². The van der Waals surface area contributed by atoms with Crippen molar-refractivity contribution in [3.05, 3.63) is 54.1 Å². The van der Waals surface area contributed by atoms with Crippen LogP contribution in [0.3, 0.4) is 0 Å². The monoisotopic (exact) mass is 385 g/mol. The first-order valence-electron chi connectivity index (χ1n) is 8.38. The SMILES string of the molecule is N#Cc1c(F)cccc1N1CCN(S(=O)(=O)c2c[nH]c3ncccc23)CC1. The van der Waals surface area contributed by atoms with Gasteiger partial charge in [0.05, 0.1) is 5.69 Å². The molecule has 1 N–H and O–H groups in total. The third-order valence-corrected chi connectivity index (χ3v) is 6.65. The maximum Gasteiger partial charge on any atom is 0.245 e. The topological polar surface area (TPSA) is 93.1 Å². The van der Waals surface area contributed by atoms with E-state index in [1.54, 1.807) is 30.5 Å². The number of halogens is 1. The third-order valence-electron chi connectivity index (χ3n) is 4.71. The second-order valence-electron chi connectivity index (χ2n) is 6.19. The predicted molar refractivity (Wildman–Crippen MR) is 98.2 cm³/mol. The fourth-order valence-corrected chi connectivity index (χ4v) is 4.91. The molecule has 0 saturated carbocycles. The van der Waals surface area contributed by atoms with Crippen LogP contribution in [0.2, 0.25) is 0 Å². The molecule has 0 unspecified atom stereocenters. The summed E-state index contributed by atoms with van der Waals surface area (Å²) in [5.41, 5.74) is 0.996. The highest BCUT2D eigenvalue weighted by Gasteiger charge is 2.31. The van der Waals surface area contributed by atoms with E-state index >= 15 is 0 Å². The van der Waals surface area contributed by atoms with E-state index < -0.39 is 15.8 Å². The quantitative estimate of drug-likeness (QED) is 0.745. The first-order valence-corrected chi connectivity index (χ1v) is 9.82. The number of rotatable bonds is 3. The Morgan fingerprint density at radius 2 is 1.93 bits per heavy atom. The maximum atomic E-state index is 13.8. The summed E-state index contributed by atoms with van der Waals surface area (Å²) in [6.07, 6.45) is 3.06. The van der Waals surface area contributed by atoms with Crippen LogP contribution in [-0.2, 0) is 10.0 Å². The van der Waals surface area contributed by atoms with Crippen LogP contribution in [0.5, 0.6) is 0 Å². The summed E-state index contributed by atoms with van der Waals surface area (Å²) in [6, 6.07) is 9.77. The number of nitrogens with zero attached hydrogens (tertiary/aromatic N) is 4. The lowest BCUT2D eigenvalue weighted by atomic mass is 10.1. The van der Waals surface area contributed by atoms with Gasteiger partial charge < -0.3 is 9.88 Å². The van der Waals surface area contributed by atoms with E-state index in [1.165, 1.54) is 16.6 Å². The van der Waals surface area contributed by atoms with Gasteiger partial charge in [0.15, 0.2) is 0 Å². The molecule has 1 aromatic carbocycles. The molecule has 7 nitrogen and oxygen atoms in total. The van der Waals surface area contributed by atoms with Gasteiger partial charge in [0.25, 0.3) is 0 Å². The molecule has 27 heavy (non-hydrogen) atoms. The molecule has 4 rings (SSSR count). The summed E-state index contributed by atoms with van der Waals surface area (Å²) in [5.74, 6) is -0.573. The Kier molecular flexibility index (Phi) is 4.30. The average molecular weight is 385 g/mol. The highest BCUT2D eigenvalue weighted by atomic mass is 32.2. The molecule has 0 radical (unpaired) electrons. The van der Waals surface area contributed by atoms with Crippen LogP contribution in [0, 0.1) is 17.1 Å². The number of aromatic amines is 1. The van der Waals surface area contributed by atoms with Gasteiger partial charge in [-0.05, 0) is 24.3 Å². The molecule has 1 saturated heterocycles. The Morgan fingerprint density at radius 3 is 2.67 bits per heavy atom. The minimum atomic E-state index is -3.68. The highest BCUT2D eigenvalue weighted by Crippen LogP contribution is 2.28. The van der Waals surface area contributed by atoms with Crippen LogP contribution < -0.4 is 4.90 Å². The summed E-state index contributed by atoms with van der Waals surface area (Å²) < 4.78 is 41.3. The fourth-order valence-electron chi connectivity index (χ4n) is 3.34. The number of hydrogen-bond donors (Lipinski definition) is 1. The zero-order valence-corrected chi connectivity index (χ0v) is 15.1. The van der Waals surface area contributed by atoms with Gasteiger partial charge in [-0.15, -0.1) is 0 Å². The van der Waals surface area contributed by atoms with E-state index in [9.17, 15) is 18.1 Å². The molecule has 1 aliphatic heterocycles. The van der Waals surface area contributed by atoms with Crippen LogP contribution in [0.15, 0.2) is 47.6 Å². The van der Waals surface area contributed by atoms with E-state index in [-0.39, 0.29) is 23.5 Å². The number of nitrogens with one attached hydrogen (secondary N) is 1. The molecule has 0 spiro atoms. The number of pyridine rings is 1. The fraction of sp³-hybridized carbons (Fsp3) is 0.222. The Bertz CT molecular complexity index is 1140. The summed E-state index contributed by atoms with van der Waals surface area (Å²) in [6.45, 7) is 1.24. The van der Waals surface area contributed by atoms with Gasteiger partial charge in [0.2, 0.25) is 10.0 Å². The van der Waals surface area contributed by atoms with Crippen molar-refractivity contribution >= 4 is 26.7 Å². The van der Waals surface area contributed by atoms with Crippen molar-refractivity contribution in [2.75, 3.05) is 31.1 Å². The van der Waals surface area contributed by atoms with Crippen LogP contribution in [0.25, 0.3) is 11.0 Å². The smallest absolute Gasteiger partial charge is 0.245 e. The molecule has 0 aliphatic carbocycles. The molecule has 3 heterocycles. The van der Waals surface area contributed by atoms with Crippen LogP contribution in [0.4, 0.5) is 10.1 Å². The van der Waals surface area contributed by atoms with Crippen molar-refractivity contribution in [2.24, 2.45) is 0 Å². The summed E-state index contributed by atoms with van der Waals surface area (Å²) >= 11 is 0. The van der Waals surface area contributed by atoms with E-state index in [0.29, 0.717) is 29.8 Å². The van der Waals surface area contributed by atoms with Crippen molar-refractivity contribution in [2.45, 2.75) is 4.90 Å². The molecule has 2 aromatic heterocycles. The van der Waals surface area contributed by atoms with Crippen molar-refractivity contribution < 1.29 is 12.8 Å². The van der Waals surface area contributed by atoms with Gasteiger partial charge in [0.1, 0.15) is 28.0 Å². The van der Waals surface area contributed by atoms with Gasteiger partial charge in [-0.25, -0.2) is 17.8 Å². The lowest BCUT2D eigenvalue weighted by Crippen LogP contribution is -2.48. The predicted octanol–water partition coefficient (Wildman–Crippen LogP) is 2.08. The Morgan fingerprint density at radius 1 is 1.15 bits per heavy atom. The van der Waals surface area contributed by atoms with E-state index in [0.717, 1.165) is 0 Å². The lowest BCUT2D eigenvalue weighted by molar-refractivity contribution is 0.385. The molecule has 0 atom stereocenters. The van der Waals surface area contributed by atoms with Crippen molar-refractivity contribution in [3.8, 4) is 6.07 Å². The van der Waals surface area contributed by atoms with E-state index in [2.05, 4.69) is 9.97 Å². The number of aromatic nitrogens is 2. The largest absolute Gasteiger partial charge is 0.368 e. The number of hydrogen-bond acceptors (Lipinski definition) is 5. The first-order chi connectivity index (χ1) is 13.0. The molecule has 3 aromatic rings. The number of anilines is 1. The summed E-state index contributed by atoms with van der Waals surface area (Å²) in [7, 11) is -3.68. The zero-order valence-electron chi connectivity index (χ0n) is 14.3. The molecular weight excluding hydrogens is 369 g/mol. The van der Waals surface area contributed by atoms with Crippen molar-refractivity contribution in [1.82, 2.24) is 14.3 Å². The number of H-pyrrole nitrogens is 1. The maximum absolute atomic E-state index is 13.8. The number of piperazine rings is 1. The van der Waals surface area contributed by atoms with Crippen LogP contribution >= 0.6 is 0 Å². The molecule has 1 fully saturated rings. The Hall–Kier alpha value is -2.96. The van der Waals surface area contributed by atoms with Gasteiger partial charge in [0, 0.05) is 44.0 Å². The normalized spacial score (nSPS) is 15.8. The zero-order chi connectivity index (χ0) is 19.0. The minimum absolute atomic E-state index is 0.0171. The number of benzene rings is 1. The lowest BCUT2D eigenvalue weighted by Gasteiger charge is -2.35. The standard InChI is InChI=1S/C18H16FN5O2S/c19-15-4-1-5-16(14(15)11-20)23-7-9-24(10-8-23)27(25,26)17-12-22-18-13(17)3-2-6-21-18/h1-6,12H,7-10H2,(H,21,22). The van der Waals surface area contributed by atoms with Crippen molar-refractivity contribution in [3.63, 3.8) is 0 Å². The second-order valence-corrected chi connectivity index (χ2v) is 8.10. The number of fused-ring (bicyclic) bond motifs is 1. The summed E-state index contributed by atoms with van der Waals surface area (Å²) in [4.78, 5) is 9.05. The Labute approximate surface area is 155 Å². The second kappa shape index (κ2) is 6.64. The molecule has 0 amide bonds. The molecule has 138 valence electrons. The van der Waals surface area contributed by atoms with Gasteiger partial charge >= 0.3 is 0 Å². The van der Waals surface area contributed by atoms with Crippen LogP contribution in [0.1, 0.15) is 5.56 Å². The number of nitriles is 1.